The summed E-state index contributed by atoms with van der Waals surface area (Å²) >= 11 is 0. The second kappa shape index (κ2) is 19.5. The van der Waals surface area contributed by atoms with Crippen molar-refractivity contribution in [1.82, 2.24) is 0 Å². The van der Waals surface area contributed by atoms with Gasteiger partial charge < -0.3 is 0 Å². The zero-order valence-electron chi connectivity index (χ0n) is 34.5. The molecule has 0 heteroatoms. The number of fused-ring (bicyclic) bond motifs is 1. The van der Waals surface area contributed by atoms with Crippen molar-refractivity contribution in [1.29, 1.82) is 0 Å². The van der Waals surface area contributed by atoms with Gasteiger partial charge in [-0.05, 0) is 182 Å². The smallest absolute Gasteiger partial charge is 0.0405 e. The summed E-state index contributed by atoms with van der Waals surface area (Å²) in [6.07, 6.45) is 0. The zero-order valence-corrected chi connectivity index (χ0v) is 34.5. The third kappa shape index (κ3) is 11.1. The molecule has 0 amide bonds. The van der Waals surface area contributed by atoms with Crippen molar-refractivity contribution >= 4 is 86.2 Å². The van der Waals surface area contributed by atoms with E-state index in [1.165, 1.54) is 0 Å². The fourth-order valence-electron chi connectivity index (χ4n) is 6.30. The van der Waals surface area contributed by atoms with Gasteiger partial charge in [0.15, 0.2) is 0 Å². The van der Waals surface area contributed by atoms with Crippen molar-refractivity contribution in [2.24, 2.45) is 0 Å². The minimum atomic E-state index is 0.872. The molecule has 19 aromatic carbocycles. The van der Waals surface area contributed by atoms with Crippen molar-refractivity contribution in [2.75, 3.05) is 0 Å². The fraction of sp³-hybridized carbons (Fsp3) is 0. The third-order valence-corrected chi connectivity index (χ3v) is 9.91. The van der Waals surface area contributed by atoms with E-state index < -0.39 is 0 Å². The fourth-order valence-corrected chi connectivity index (χ4v) is 6.30. The molecule has 288 valence electrons. The molecule has 0 aliphatic carbocycles. The molecule has 0 spiro atoms. The molecule has 0 N–H and O–H groups in total. The molecule has 19 aromatic rings. The van der Waals surface area contributed by atoms with Gasteiger partial charge >= 0.3 is 0 Å². The summed E-state index contributed by atoms with van der Waals surface area (Å²) in [6.45, 7) is 0. The molecule has 0 aliphatic heterocycles. The van der Waals surface area contributed by atoms with E-state index in [1.807, 2.05) is 194 Å². The molecule has 14 bridgehead atoms. The highest BCUT2D eigenvalue weighted by Crippen LogP contribution is 2.10. The maximum Gasteiger partial charge on any atom is 0.0405 e. The second-order valence-electron chi connectivity index (χ2n) is 14.6. The number of rotatable bonds is 0. The van der Waals surface area contributed by atoms with E-state index in [2.05, 4.69) is 97.1 Å². The first-order valence-electron chi connectivity index (χ1n) is 20.6. The van der Waals surface area contributed by atoms with Gasteiger partial charge in [0.1, 0.15) is 0 Å². The lowest BCUT2D eigenvalue weighted by Gasteiger charge is -1.86. The Balaban J connectivity index is 1.04. The maximum atomic E-state index is 3.31. The van der Waals surface area contributed by atoms with E-state index in [9.17, 15) is 0 Å². The molecule has 0 heterocycles. The molecule has 0 saturated carbocycles. The van der Waals surface area contributed by atoms with Crippen LogP contribution in [-0.4, -0.2) is 0 Å². The molecule has 0 nitrogen and oxygen atoms in total. The maximum absolute atomic E-state index is 3.31. The number of hydrogen-bond acceptors (Lipinski definition) is 0. The Morgan fingerprint density at radius 3 is 0.359 bits per heavy atom. The summed E-state index contributed by atoms with van der Waals surface area (Å²) in [5.74, 6) is 0. The highest BCUT2D eigenvalue weighted by molar-refractivity contribution is 5.79. The first kappa shape index (κ1) is 39.7. The summed E-state index contributed by atoms with van der Waals surface area (Å²) in [5, 5.41) is 14.6. The van der Waals surface area contributed by atoms with E-state index in [0.29, 0.717) is 0 Å². The van der Waals surface area contributed by atoms with E-state index in [4.69, 9.17) is 0 Å². The van der Waals surface area contributed by atoms with Crippen LogP contribution >= 0.6 is 0 Å². The monoisotopic (exact) mass is 800 g/mol. The van der Waals surface area contributed by atoms with Gasteiger partial charge in [-0.2, -0.15) is 0 Å². The van der Waals surface area contributed by atoms with Gasteiger partial charge in [0.05, 0.1) is 0 Å². The van der Waals surface area contributed by atoms with Gasteiger partial charge in [0, 0.05) is 86.2 Å². The highest BCUT2D eigenvalue weighted by atomic mass is 13.9. The van der Waals surface area contributed by atoms with Gasteiger partial charge in [-0.25, -0.2) is 0 Å². The topological polar surface area (TPSA) is 0 Å². The largest absolute Gasteiger partial charge is 0.0617 e. The lowest BCUT2D eigenvalue weighted by Crippen LogP contribution is -1.65. The molecule has 0 atom stereocenters. The van der Waals surface area contributed by atoms with Crippen LogP contribution < -0.4 is 0 Å². The standard InChI is InChI=1S/C64H32/c1-2-4-64-48-46-62-43-39-60(40-44-62)36-34-58-31-27-56(28-32-58)24-22-54-19-15-52(16-20-54)12-10-50-7-5-49(6-8-50)9-11-51-13-17-53(18-14-51)21-23-55-25-29-57(30-26-55)33-35-59-37-41-61(42-38-59)45-47-63(64)3-1/h1-8,13-20,25-32,37-44H. The van der Waals surface area contributed by atoms with Crippen LogP contribution in [0.2, 0.25) is 0 Å². The molecule has 19 rings (SSSR count). The summed E-state index contributed by atoms with van der Waals surface area (Å²) in [7, 11) is 0. The molecule has 0 radical (unpaired) electrons. The molecule has 0 saturated heterocycles. The lowest BCUT2D eigenvalue weighted by molar-refractivity contribution is 1.79. The Labute approximate surface area is 375 Å². The molecule has 0 unspecified atom stereocenters. The lowest BCUT2D eigenvalue weighted by atomic mass is 10.2. The minimum absolute atomic E-state index is 0.872. The minimum Gasteiger partial charge on any atom is -0.0617 e. The van der Waals surface area contributed by atoms with Crippen LogP contribution in [0.25, 0.3) is 86.2 Å². The molecule has 64 heavy (non-hydrogen) atoms. The van der Waals surface area contributed by atoms with Gasteiger partial charge in [-0.1, -0.05) is 109 Å². The Morgan fingerprint density at radius 2 is 0.234 bits per heavy atom. The van der Waals surface area contributed by atoms with Crippen molar-refractivity contribution < 1.29 is 0 Å². The Hall–Kier alpha value is -9.76. The summed E-state index contributed by atoms with van der Waals surface area (Å²) in [4.78, 5) is 0. The SMILES string of the molecule is c1c2ccc(c#cc3ccc(c#cc4ccc(c#cc5ccc(c#cc6ccccc6c#cc6ccc(c#cc7ccc(c#cc8ccc(c#1)cc8)cc7)cc6)cc5)cc4)cc3)cc2. The van der Waals surface area contributed by atoms with Crippen LogP contribution in [0, 0.1) is 97.1 Å². The second-order valence-corrected chi connectivity index (χ2v) is 14.6. The average Bonchev–Trinajstić information content (AvgIpc) is 3.36. The molecular formula is C64H32. The van der Waals surface area contributed by atoms with Crippen LogP contribution in [0.15, 0.2) is 194 Å². The normalized spacial score (nSPS) is 9.50. The first-order valence-corrected chi connectivity index (χ1v) is 20.6. The molecule has 0 aliphatic rings. The summed E-state index contributed by atoms with van der Waals surface area (Å²) in [5.41, 5.74) is 0. The van der Waals surface area contributed by atoms with Crippen LogP contribution in [0.5, 0.6) is 0 Å². The third-order valence-electron chi connectivity index (χ3n) is 9.91. The number of benzene rings is 8. The van der Waals surface area contributed by atoms with E-state index >= 15 is 0 Å². The molecule has 0 fully saturated rings. The van der Waals surface area contributed by atoms with Crippen LogP contribution in [0.4, 0.5) is 0 Å². The van der Waals surface area contributed by atoms with Crippen molar-refractivity contribution in [3.05, 3.63) is 291 Å². The van der Waals surface area contributed by atoms with Gasteiger partial charge in [-0.3, -0.25) is 0 Å². The van der Waals surface area contributed by atoms with Crippen LogP contribution in [-0.2, 0) is 0 Å². The molecular weight excluding hydrogens is 769 g/mol. The highest BCUT2D eigenvalue weighted by Gasteiger charge is 1.88. The number of hydrogen-bond donors (Lipinski definition) is 0. The van der Waals surface area contributed by atoms with Gasteiger partial charge in [-0.15, -0.1) is 0 Å². The van der Waals surface area contributed by atoms with Gasteiger partial charge in [0.2, 0.25) is 0 Å². The summed E-state index contributed by atoms with van der Waals surface area (Å²) < 4.78 is 0. The predicted octanol–water partition coefficient (Wildman–Crippen LogP) is 15.0. The van der Waals surface area contributed by atoms with Crippen molar-refractivity contribution in [3.8, 4) is 0 Å². The van der Waals surface area contributed by atoms with E-state index in [0.717, 1.165) is 86.2 Å². The van der Waals surface area contributed by atoms with Crippen molar-refractivity contribution in [2.45, 2.75) is 0 Å². The Kier molecular flexibility index (Phi) is 12.1. The van der Waals surface area contributed by atoms with E-state index in [-0.39, 0.29) is 0 Å². The average molecular weight is 801 g/mol. The summed E-state index contributed by atoms with van der Waals surface area (Å²) in [6, 6.07) is 116. The predicted molar refractivity (Wildman–Crippen MR) is 262 cm³/mol. The van der Waals surface area contributed by atoms with Crippen molar-refractivity contribution in [3.63, 3.8) is 0 Å². The van der Waals surface area contributed by atoms with Crippen LogP contribution in [0.3, 0.4) is 0 Å². The molecule has 0 aromatic heterocycles. The van der Waals surface area contributed by atoms with Crippen LogP contribution in [0.1, 0.15) is 0 Å². The Bertz CT molecular complexity index is 3250. The van der Waals surface area contributed by atoms with Gasteiger partial charge in [0.25, 0.3) is 0 Å². The van der Waals surface area contributed by atoms with E-state index in [1.54, 1.807) is 0 Å². The zero-order chi connectivity index (χ0) is 43.2. The Morgan fingerprint density at radius 1 is 0.125 bits per heavy atom. The first-order chi connectivity index (χ1) is 31.6. The quantitative estimate of drug-likeness (QED) is 0.143.